The van der Waals surface area contributed by atoms with Gasteiger partial charge in [0.05, 0.1) is 51.3 Å². The number of rotatable bonds is 20. The van der Waals surface area contributed by atoms with Crippen LogP contribution >= 0.6 is 34.5 Å². The Bertz CT molecular complexity index is 5160. The molecule has 11 bridgehead atoms. The minimum Gasteiger partial charge on any atom is -0.508 e. The van der Waals surface area contributed by atoms with Gasteiger partial charge >= 0.3 is 5.97 Å². The van der Waals surface area contributed by atoms with Gasteiger partial charge < -0.3 is 137 Å². The number of nitrogens with two attached hydrogens (primary N) is 2. The van der Waals surface area contributed by atoms with Crippen LogP contribution in [0.25, 0.3) is 21.7 Å². The number of ketones is 2. The monoisotopic (exact) mass is 1780 g/mol. The van der Waals surface area contributed by atoms with Gasteiger partial charge in [-0.25, -0.2) is 4.79 Å². The Morgan fingerprint density at radius 3 is 2.03 bits per heavy atom. The number of aliphatic hydroxyl groups is 8. The number of fused-ring (bicyclic) bond motifs is 15. The number of benzene rings is 5. The predicted octanol–water partition coefficient (Wildman–Crippen LogP) is 4.27. The number of Topliss-reactive ketones (excluding diaryl/α,β-unsaturated/α-hetero) is 2. The van der Waals surface area contributed by atoms with Crippen molar-refractivity contribution in [2.45, 2.75) is 207 Å². The number of pyridine rings is 1. The summed E-state index contributed by atoms with van der Waals surface area (Å²) in [6, 6.07) is 14.7. The molecule has 39 heteroatoms. The first-order valence-corrected chi connectivity index (χ1v) is 41.6. The third kappa shape index (κ3) is 19.9. The highest BCUT2D eigenvalue weighted by Crippen LogP contribution is 2.51. The van der Waals surface area contributed by atoms with Crippen molar-refractivity contribution in [3.63, 3.8) is 0 Å². The van der Waals surface area contributed by atoms with Crippen LogP contribution in [0.5, 0.6) is 46.0 Å². The standard InChI is InChI=1S/C85H96Cl2N8O28S/c1-6-36(19-34(2)3)78(110)94-66-52(100)23-41(26-61(88)102)79(111)92-64-40-24-56(117-54-15-11-38(68(66)103)21-47(54)86)75(122-84-73(108)71(106)76(59(33-96)120-84)123-83-72(107)70(105)69(104)58(119-83)32-90-31-43-13-17-60(124-43)49-9-7-8-18-91-49)57(25-40)118-55-16-12-39(22-48(55)87)74(121-62-30-85(5,89)77(109)35(4)116-62)67-81(113)93-65(82(114)115)46-27-42(97)28-51(99)63(46)45-20-37(10-14-50(45)98)44(29-53(64)101)80(112)95-67/h7-18,20-22,24-25,27-28,34-36,41,44,58-59,62,64-74,76-77,83-84,90,96-99,103-109H,6,19,23,26,29-33,89H2,1-5H3,(H2,88,102)(H,92,111)(H,93,113)(H,94,110)(H,95,112)(H,114,115)/t35-,36+,41-,44+,58+,59+,62?,64+,65+,66-,67-,68+,69-,70-,71+,72+,73+,74+,76+,77-,83-,84-,85-/m0/s1. The number of primary amides is 1. The van der Waals surface area contributed by atoms with Crippen LogP contribution in [0.15, 0.2) is 115 Å². The summed E-state index contributed by atoms with van der Waals surface area (Å²) >= 11 is 16.0. The highest BCUT2D eigenvalue weighted by atomic mass is 35.5. The number of hydrogen-bond donors (Lipinski definition) is 19. The van der Waals surface area contributed by atoms with Crippen LogP contribution < -0.4 is 52.3 Å². The van der Waals surface area contributed by atoms with Crippen molar-refractivity contribution in [2.24, 2.45) is 29.2 Å². The van der Waals surface area contributed by atoms with E-state index in [0.29, 0.717) is 6.42 Å². The van der Waals surface area contributed by atoms with Crippen LogP contribution in [-0.2, 0) is 68.6 Å². The van der Waals surface area contributed by atoms with E-state index in [4.69, 9.17) is 72.6 Å². The molecule has 8 aliphatic heterocycles. The van der Waals surface area contributed by atoms with Crippen LogP contribution in [0.3, 0.4) is 0 Å². The zero-order valence-corrected chi connectivity index (χ0v) is 69.6. The Balaban J connectivity index is 0.972. The van der Waals surface area contributed by atoms with E-state index >= 15 is 24.0 Å². The largest absolute Gasteiger partial charge is 0.508 e. The lowest BCUT2D eigenvalue weighted by atomic mass is 9.84. The van der Waals surface area contributed by atoms with E-state index in [9.17, 15) is 75.7 Å². The van der Waals surface area contributed by atoms with E-state index < -0.39 is 280 Å². The number of aliphatic hydroxyl groups excluding tert-OH is 8. The van der Waals surface area contributed by atoms with E-state index in [1.807, 2.05) is 38.1 Å². The highest BCUT2D eigenvalue weighted by Gasteiger charge is 2.53. The van der Waals surface area contributed by atoms with Crippen molar-refractivity contribution in [2.75, 3.05) is 13.2 Å². The summed E-state index contributed by atoms with van der Waals surface area (Å²) in [5.41, 5.74) is 9.28. The van der Waals surface area contributed by atoms with E-state index in [1.54, 1.807) is 19.2 Å². The number of phenols is 3. The maximum absolute atomic E-state index is 16.6. The Morgan fingerprint density at radius 2 is 1.39 bits per heavy atom. The summed E-state index contributed by atoms with van der Waals surface area (Å²) in [5.74, 6) is -19.7. The van der Waals surface area contributed by atoms with Gasteiger partial charge in [0, 0.05) is 84.1 Å². The van der Waals surface area contributed by atoms with E-state index in [1.165, 1.54) is 55.5 Å². The smallest absolute Gasteiger partial charge is 0.330 e. The van der Waals surface area contributed by atoms with Crippen LogP contribution in [0.4, 0.5) is 0 Å². The number of phenolic OH excluding ortho intramolecular Hbond substituents is 3. The van der Waals surface area contributed by atoms with Crippen molar-refractivity contribution < 1.29 is 138 Å². The van der Waals surface area contributed by atoms with Gasteiger partial charge in [0.15, 0.2) is 41.7 Å². The molecule has 0 saturated carbocycles. The van der Waals surface area contributed by atoms with Gasteiger partial charge in [0.2, 0.25) is 41.6 Å². The average Bonchev–Trinajstić information content (AvgIpc) is 0.838. The fourth-order valence-corrected chi connectivity index (χ4v) is 17.6. The quantitative estimate of drug-likeness (QED) is 0.0507. The molecular formula is C85H96Cl2N8O28S. The molecule has 664 valence electrons. The number of thiophene rings is 1. The van der Waals surface area contributed by atoms with Gasteiger partial charge in [-0.15, -0.1) is 11.3 Å². The van der Waals surface area contributed by atoms with Crippen molar-refractivity contribution >= 4 is 81.6 Å². The molecule has 1 unspecified atom stereocenters. The Morgan fingerprint density at radius 1 is 0.710 bits per heavy atom. The van der Waals surface area contributed by atoms with Gasteiger partial charge in [-0.05, 0) is 134 Å². The van der Waals surface area contributed by atoms with Crippen LogP contribution in [0.1, 0.15) is 136 Å². The zero-order valence-electron chi connectivity index (χ0n) is 67.3. The molecule has 10 heterocycles. The first kappa shape index (κ1) is 91.6. The lowest BCUT2D eigenvalue weighted by Gasteiger charge is -2.46. The molecule has 124 heavy (non-hydrogen) atoms. The first-order chi connectivity index (χ1) is 58.9. The number of ether oxygens (including phenoxy) is 8. The number of carbonyl (C=O) groups excluding carboxylic acids is 7. The van der Waals surface area contributed by atoms with Crippen LogP contribution in [0, 0.1) is 17.8 Å². The second kappa shape index (κ2) is 38.4. The molecule has 0 radical (unpaired) electrons. The number of carboxylic acid groups (broad SMARTS) is 1. The van der Waals surface area contributed by atoms with Gasteiger partial charge in [0.1, 0.15) is 108 Å². The molecule has 2 aromatic heterocycles. The number of amides is 5. The molecule has 21 N–H and O–H groups in total. The Labute approximate surface area is 722 Å². The lowest BCUT2D eigenvalue weighted by molar-refractivity contribution is -0.350. The number of aromatic hydroxyl groups is 3. The predicted molar refractivity (Wildman–Crippen MR) is 438 cm³/mol. The van der Waals surface area contributed by atoms with Gasteiger partial charge in [0.25, 0.3) is 0 Å². The first-order valence-electron chi connectivity index (χ1n) is 40.0. The van der Waals surface area contributed by atoms with E-state index in [0.717, 1.165) is 64.0 Å². The number of halogens is 2. The second-order valence-electron chi connectivity index (χ2n) is 32.3. The van der Waals surface area contributed by atoms with Gasteiger partial charge in [-0.1, -0.05) is 68.2 Å². The van der Waals surface area contributed by atoms with E-state index in [2.05, 4.69) is 31.6 Å². The SMILES string of the molecule is CC[C@H](CC(C)C)C(=O)N[C@H]1C(=O)C[C@@H](CC(N)=O)C(=O)N[C@H]2C(=O)C[C@H]3C(=O)N[C@H](C(=O)N[C@@H](C(=O)O)c4cc(O)cc(O)c4-c4cc3ccc4O)[C@H](OC3C[C@](C)(N)[C@@H](O)[C@H](C)O3)c3ccc(c(Cl)c3)Oc3cc2cc(c3O[C@@H]2O[C@H](CO)[C@@H](O[C@@H]3O[C@H](CNCc4ccc(-c5ccccn5)s4)[C@H](O)[C@H](O)[C@H]3O)[C@H](O)[C@H]2O)Oc2ccc(cc2Cl)[C@H]1O. The summed E-state index contributed by atoms with van der Waals surface area (Å²) in [6.45, 7) is 7.40. The molecule has 5 amide bonds. The summed E-state index contributed by atoms with van der Waals surface area (Å²) in [4.78, 5) is 127. The Hall–Kier alpha value is -10.1. The third-order valence-electron chi connectivity index (χ3n) is 22.8. The summed E-state index contributed by atoms with van der Waals surface area (Å²) in [7, 11) is 0. The third-order valence-corrected chi connectivity index (χ3v) is 24.5. The molecular weight excluding hydrogens is 1680 g/mol. The molecule has 23 atom stereocenters. The number of aliphatic carboxylic acids is 1. The Kier molecular flexibility index (Phi) is 28.3. The molecule has 3 saturated heterocycles. The number of nitrogens with zero attached hydrogens (tertiary/aromatic N) is 1. The summed E-state index contributed by atoms with van der Waals surface area (Å²) in [5, 5.41) is 152. The lowest BCUT2D eigenvalue weighted by Crippen LogP contribution is -2.65. The van der Waals surface area contributed by atoms with Crippen molar-refractivity contribution in [1.29, 1.82) is 0 Å². The normalized spacial score (nSPS) is 30.0. The second-order valence-corrected chi connectivity index (χ2v) is 34.3. The zero-order chi connectivity index (χ0) is 89.4. The number of carbonyl (C=O) groups is 8. The minimum absolute atomic E-state index is 0.0450. The number of carboxylic acids is 1. The van der Waals surface area contributed by atoms with Crippen molar-refractivity contribution in [3.8, 4) is 67.7 Å². The maximum Gasteiger partial charge on any atom is 0.330 e. The molecule has 7 aromatic rings. The van der Waals surface area contributed by atoms with Crippen molar-refractivity contribution in [3.05, 3.63) is 158 Å². The maximum atomic E-state index is 16.6. The molecule has 5 aromatic carbocycles. The molecule has 0 spiro atoms. The summed E-state index contributed by atoms with van der Waals surface area (Å²) in [6.07, 6.45) is -28.6. The number of hydrogen-bond acceptors (Lipinski definition) is 31. The highest BCUT2D eigenvalue weighted by molar-refractivity contribution is 7.15. The fraction of sp³-hybridized carbons (Fsp3) is 0.447. The molecule has 8 aliphatic rings. The van der Waals surface area contributed by atoms with Crippen LogP contribution in [0.2, 0.25) is 10.0 Å². The van der Waals surface area contributed by atoms with Crippen molar-refractivity contribution in [1.82, 2.24) is 31.6 Å². The topological polar surface area (TPSA) is 578 Å². The van der Waals surface area contributed by atoms with E-state index in [-0.39, 0.29) is 59.3 Å². The fourth-order valence-electron chi connectivity index (χ4n) is 16.2. The van der Waals surface area contributed by atoms with Crippen LogP contribution in [-0.4, -0.2) is 224 Å². The number of nitrogens with one attached hydrogen (secondary N) is 5. The summed E-state index contributed by atoms with van der Waals surface area (Å²) < 4.78 is 51.4. The molecule has 36 nitrogen and oxygen atoms in total. The minimum atomic E-state index is -2.34. The van der Waals surface area contributed by atoms with Gasteiger partial charge in [-0.3, -0.25) is 38.5 Å². The number of aromatic nitrogens is 1. The molecule has 15 rings (SSSR count). The molecule has 3 fully saturated rings. The van der Waals surface area contributed by atoms with Gasteiger partial charge in [-0.2, -0.15) is 0 Å². The molecule has 0 aliphatic carbocycles. The average molecular weight is 1780 g/mol.